The highest BCUT2D eigenvalue weighted by atomic mass is 32.1. The van der Waals surface area contributed by atoms with Crippen molar-refractivity contribution < 1.29 is 19.2 Å². The molecule has 2 aliphatic rings. The van der Waals surface area contributed by atoms with Gasteiger partial charge in [-0.1, -0.05) is 0 Å². The lowest BCUT2D eigenvalue weighted by Gasteiger charge is -2.30. The van der Waals surface area contributed by atoms with Crippen molar-refractivity contribution in [2.24, 2.45) is 0 Å². The molecule has 166 valence electrons. The number of anilines is 1. The predicted octanol–water partition coefficient (Wildman–Crippen LogP) is 3.36. The van der Waals surface area contributed by atoms with Crippen LogP contribution in [0.15, 0.2) is 35.5 Å². The first-order valence-corrected chi connectivity index (χ1v) is 11.1. The van der Waals surface area contributed by atoms with Crippen LogP contribution in [-0.2, 0) is 22.4 Å². The maximum absolute atomic E-state index is 13.4. The molecule has 1 aliphatic carbocycles. The normalized spacial score (nSPS) is 17.3. The van der Waals surface area contributed by atoms with E-state index in [9.17, 15) is 19.7 Å². The third-order valence-corrected chi connectivity index (χ3v) is 6.92. The molecule has 0 bridgehead atoms. The van der Waals surface area contributed by atoms with Crippen LogP contribution in [0.4, 0.5) is 10.7 Å². The van der Waals surface area contributed by atoms with Gasteiger partial charge in [-0.3, -0.25) is 14.9 Å². The summed E-state index contributed by atoms with van der Waals surface area (Å²) in [7, 11) is 1.32. The number of thiophene rings is 1. The van der Waals surface area contributed by atoms with Crippen LogP contribution in [0.5, 0.6) is 0 Å². The number of nitro benzene ring substituents is 1. The molecule has 0 spiro atoms. The molecule has 0 radical (unpaired) electrons. The lowest BCUT2D eigenvalue weighted by molar-refractivity contribution is -0.384. The lowest BCUT2D eigenvalue weighted by atomic mass is 9.94. The zero-order valence-corrected chi connectivity index (χ0v) is 18.9. The second-order valence-electron chi connectivity index (χ2n) is 7.43. The van der Waals surface area contributed by atoms with E-state index in [1.807, 2.05) is 0 Å². The summed E-state index contributed by atoms with van der Waals surface area (Å²) in [6.07, 6.45) is 2.61. The molecule has 3 N–H and O–H groups in total. The number of allylic oxidation sites excluding steroid dienone is 1. The molecule has 2 aromatic rings. The summed E-state index contributed by atoms with van der Waals surface area (Å²) in [6, 6.07) is 5.32. The number of fused-ring (bicyclic) bond motifs is 1. The molecule has 1 atom stereocenters. The Bertz CT molecular complexity index is 1170. The Morgan fingerprint density at radius 3 is 2.66 bits per heavy atom. The Hall–Kier alpha value is -3.31. The average Bonchev–Trinajstić information content (AvgIpc) is 3.33. The molecule has 1 aromatic heterocycles. The van der Waals surface area contributed by atoms with Crippen LogP contribution in [0.25, 0.3) is 0 Å². The van der Waals surface area contributed by atoms with Gasteiger partial charge in [-0.25, -0.2) is 4.79 Å². The minimum absolute atomic E-state index is 0.0483. The highest BCUT2D eigenvalue weighted by molar-refractivity contribution is 7.80. The topological polar surface area (TPSA) is 123 Å². The molecule has 11 heteroatoms. The molecule has 2 heterocycles. The zero-order chi connectivity index (χ0) is 23.0. The molecule has 0 unspecified atom stereocenters. The van der Waals surface area contributed by atoms with Crippen molar-refractivity contribution in [1.82, 2.24) is 10.6 Å². The number of hydrogen-bond acceptors (Lipinski definition) is 7. The number of esters is 1. The average molecular weight is 473 g/mol. The molecule has 9 nitrogen and oxygen atoms in total. The number of nitrogens with one attached hydrogen (secondary N) is 3. The van der Waals surface area contributed by atoms with Gasteiger partial charge in [-0.15, -0.1) is 11.3 Å². The summed E-state index contributed by atoms with van der Waals surface area (Å²) in [5.41, 5.74) is 2.88. The fraction of sp³-hybridized carbons (Fsp3) is 0.286. The number of rotatable bonds is 5. The Morgan fingerprint density at radius 2 is 2.00 bits per heavy atom. The van der Waals surface area contributed by atoms with E-state index < -0.39 is 22.8 Å². The number of amides is 1. The highest BCUT2D eigenvalue weighted by Crippen LogP contribution is 2.40. The molecular weight excluding hydrogens is 452 g/mol. The van der Waals surface area contributed by atoms with Crippen molar-refractivity contribution in [2.45, 2.75) is 32.2 Å². The number of methoxy groups -OCH3 is 1. The molecular formula is C21H20N4O5S2. The fourth-order valence-corrected chi connectivity index (χ4v) is 5.56. The third-order valence-electron chi connectivity index (χ3n) is 5.49. The van der Waals surface area contributed by atoms with Gasteiger partial charge < -0.3 is 20.7 Å². The van der Waals surface area contributed by atoms with E-state index in [1.165, 1.54) is 30.6 Å². The molecule has 1 aliphatic heterocycles. The van der Waals surface area contributed by atoms with Crippen molar-refractivity contribution in [3.05, 3.63) is 67.2 Å². The van der Waals surface area contributed by atoms with Crippen LogP contribution < -0.4 is 16.0 Å². The van der Waals surface area contributed by atoms with Gasteiger partial charge in [-0.2, -0.15) is 0 Å². The van der Waals surface area contributed by atoms with E-state index in [0.717, 1.165) is 29.7 Å². The first kappa shape index (κ1) is 21.9. The second kappa shape index (κ2) is 8.67. The van der Waals surface area contributed by atoms with E-state index in [0.29, 0.717) is 32.5 Å². The van der Waals surface area contributed by atoms with E-state index in [1.54, 1.807) is 19.1 Å². The minimum Gasteiger partial charge on any atom is -0.465 e. The summed E-state index contributed by atoms with van der Waals surface area (Å²) in [4.78, 5) is 37.4. The molecule has 0 fully saturated rings. The Morgan fingerprint density at radius 1 is 1.28 bits per heavy atom. The van der Waals surface area contributed by atoms with Crippen molar-refractivity contribution in [2.75, 3.05) is 12.4 Å². The summed E-state index contributed by atoms with van der Waals surface area (Å²) in [5.74, 6) is -0.878. The van der Waals surface area contributed by atoms with Crippen LogP contribution in [0.3, 0.4) is 0 Å². The molecule has 0 saturated carbocycles. The number of carbonyl (C=O) groups excluding carboxylic acids is 2. The van der Waals surface area contributed by atoms with E-state index in [2.05, 4.69) is 16.0 Å². The quantitative estimate of drug-likeness (QED) is 0.262. The van der Waals surface area contributed by atoms with Crippen molar-refractivity contribution >= 4 is 51.2 Å². The van der Waals surface area contributed by atoms with Gasteiger partial charge in [0.1, 0.15) is 5.00 Å². The monoisotopic (exact) mass is 472 g/mol. The minimum atomic E-state index is -0.613. The number of ether oxygens (including phenoxy) is 1. The number of hydrogen-bond donors (Lipinski definition) is 3. The van der Waals surface area contributed by atoms with Gasteiger partial charge in [0.2, 0.25) is 0 Å². The van der Waals surface area contributed by atoms with Crippen LogP contribution in [0, 0.1) is 10.1 Å². The maximum Gasteiger partial charge on any atom is 0.341 e. The summed E-state index contributed by atoms with van der Waals surface area (Å²) in [6.45, 7) is 1.73. The van der Waals surface area contributed by atoms with Crippen molar-refractivity contribution in [3.63, 3.8) is 0 Å². The number of nitro groups is 1. The zero-order valence-electron chi connectivity index (χ0n) is 17.3. The van der Waals surface area contributed by atoms with Gasteiger partial charge in [0.25, 0.3) is 11.6 Å². The van der Waals surface area contributed by atoms with Crippen molar-refractivity contribution in [3.8, 4) is 0 Å². The molecule has 32 heavy (non-hydrogen) atoms. The van der Waals surface area contributed by atoms with Crippen LogP contribution in [-0.4, -0.2) is 29.0 Å². The van der Waals surface area contributed by atoms with Gasteiger partial charge >= 0.3 is 5.97 Å². The fourth-order valence-electron chi connectivity index (χ4n) is 4.01. The first-order valence-electron chi connectivity index (χ1n) is 9.87. The van der Waals surface area contributed by atoms with E-state index >= 15 is 0 Å². The number of carbonyl (C=O) groups is 2. The lowest BCUT2D eigenvalue weighted by Crippen LogP contribution is -2.45. The van der Waals surface area contributed by atoms with E-state index in [4.69, 9.17) is 17.0 Å². The Kier molecular flexibility index (Phi) is 5.94. The molecule has 4 rings (SSSR count). The largest absolute Gasteiger partial charge is 0.465 e. The van der Waals surface area contributed by atoms with Crippen molar-refractivity contribution in [1.29, 1.82) is 0 Å². The van der Waals surface area contributed by atoms with Crippen LogP contribution in [0.1, 0.15) is 45.7 Å². The van der Waals surface area contributed by atoms with Gasteiger partial charge in [-0.05, 0) is 61.7 Å². The second-order valence-corrected chi connectivity index (χ2v) is 8.94. The predicted molar refractivity (Wildman–Crippen MR) is 124 cm³/mol. The van der Waals surface area contributed by atoms with Gasteiger partial charge in [0, 0.05) is 22.7 Å². The highest BCUT2D eigenvalue weighted by Gasteiger charge is 2.33. The number of aryl methyl sites for hydroxylation is 1. The maximum atomic E-state index is 13.4. The van der Waals surface area contributed by atoms with Crippen LogP contribution in [0.2, 0.25) is 0 Å². The summed E-state index contributed by atoms with van der Waals surface area (Å²) < 4.78 is 4.95. The number of thiocarbonyl (C=S) groups is 1. The molecule has 1 aromatic carbocycles. The Labute approximate surface area is 193 Å². The Balaban J connectivity index is 1.68. The van der Waals surface area contributed by atoms with E-state index in [-0.39, 0.29) is 5.69 Å². The number of benzene rings is 1. The number of non-ortho nitro benzene ring substituents is 1. The third kappa shape index (κ3) is 3.96. The van der Waals surface area contributed by atoms with Gasteiger partial charge in [0.15, 0.2) is 5.11 Å². The summed E-state index contributed by atoms with van der Waals surface area (Å²) in [5, 5.41) is 20.7. The molecule has 1 amide bonds. The SMILES string of the molecule is COC(=O)c1c(NC(=O)C2=C(C)NC(=S)N[C@H]2c2ccc([N+](=O)[O-])cc2)sc2c1CCC2. The first-order chi connectivity index (χ1) is 15.3. The molecule has 0 saturated heterocycles. The standard InChI is InChI=1S/C21H20N4O5S2/c1-10-15(17(23-21(31)22-10)11-6-8-12(9-7-11)25(28)29)18(26)24-19-16(20(27)30-2)13-4-3-5-14(13)32-19/h6-9,17H,3-5H2,1-2H3,(H,24,26)(H2,22,23,31)/t17-/m0/s1. The summed E-state index contributed by atoms with van der Waals surface area (Å²) >= 11 is 6.65. The van der Waals surface area contributed by atoms with Gasteiger partial charge in [0.05, 0.1) is 29.2 Å². The van der Waals surface area contributed by atoms with Crippen LogP contribution >= 0.6 is 23.6 Å². The number of nitrogens with zero attached hydrogens (tertiary/aromatic N) is 1. The smallest absolute Gasteiger partial charge is 0.341 e.